The van der Waals surface area contributed by atoms with Crippen molar-refractivity contribution in [3.8, 4) is 5.75 Å². The molecule has 0 aliphatic carbocycles. The van der Waals surface area contributed by atoms with Crippen molar-refractivity contribution < 1.29 is 13.5 Å². The van der Waals surface area contributed by atoms with Gasteiger partial charge in [-0.25, -0.2) is 0 Å². The number of hydrogen-bond donors (Lipinski definition) is 2. The lowest BCUT2D eigenvalue weighted by atomic mass is 10.2. The van der Waals surface area contributed by atoms with Gasteiger partial charge in [0.1, 0.15) is 5.75 Å². The minimum Gasteiger partial charge on any atom is -0.508 e. The lowest BCUT2D eigenvalue weighted by Gasteiger charge is -2.12. The summed E-state index contributed by atoms with van der Waals surface area (Å²) in [6, 6.07) is 3.88. The summed E-state index contributed by atoms with van der Waals surface area (Å²) in [5.74, 6) is -0.182. The summed E-state index contributed by atoms with van der Waals surface area (Å²) in [4.78, 5) is 18.8. The molecule has 0 aromatic heterocycles. The van der Waals surface area contributed by atoms with Gasteiger partial charge in [0.15, 0.2) is 0 Å². The second kappa shape index (κ2) is 7.26. The summed E-state index contributed by atoms with van der Waals surface area (Å²) in [6.45, 7) is 1.56. The van der Waals surface area contributed by atoms with Gasteiger partial charge in [0.05, 0.1) is 10.2 Å². The molecule has 1 aromatic rings. The van der Waals surface area contributed by atoms with E-state index in [1.807, 2.05) is 5.43 Å². The van der Waals surface area contributed by atoms with Crippen molar-refractivity contribution in [2.45, 2.75) is 11.8 Å². The number of nitrogens with zero attached hydrogens (tertiary/aromatic N) is 3. The van der Waals surface area contributed by atoms with Crippen LogP contribution in [0.25, 0.3) is 0 Å². The third kappa shape index (κ3) is 4.50. The average Bonchev–Trinajstić information content (AvgIpc) is 2.40. The second-order valence-electron chi connectivity index (χ2n) is 3.29. The zero-order valence-corrected chi connectivity index (χ0v) is 11.4. The number of rotatable bonds is 4. The molecule has 0 atom stereocenters. The number of nitroso groups, excluding NO2 is 2. The highest BCUT2D eigenvalue weighted by Gasteiger charge is 2.23. The van der Waals surface area contributed by atoms with E-state index in [-0.39, 0.29) is 10.6 Å². The van der Waals surface area contributed by atoms with Crippen LogP contribution < -0.4 is 5.43 Å². The first-order chi connectivity index (χ1) is 8.81. The van der Waals surface area contributed by atoms with E-state index in [0.29, 0.717) is 9.98 Å². The highest BCUT2D eigenvalue weighted by Crippen LogP contribution is 2.23. The number of sulfonamides is 1. The Labute approximate surface area is 110 Å². The maximum atomic E-state index is 11.7. The highest BCUT2D eigenvalue weighted by molar-refractivity contribution is 7.89. The van der Waals surface area contributed by atoms with Crippen molar-refractivity contribution >= 4 is 10.0 Å². The molecule has 1 aromatic carbocycles. The largest absolute Gasteiger partial charge is 0.508 e. The number of hydrogen-bond acceptors (Lipinski definition) is 7. The topological polar surface area (TPSA) is 128 Å². The van der Waals surface area contributed by atoms with Crippen molar-refractivity contribution in [2.75, 3.05) is 14.1 Å². The summed E-state index contributed by atoms with van der Waals surface area (Å²) >= 11 is 0. The Morgan fingerprint density at radius 2 is 1.84 bits per heavy atom. The van der Waals surface area contributed by atoms with Gasteiger partial charge in [-0.2, -0.15) is 12.8 Å². The fourth-order valence-electron chi connectivity index (χ4n) is 1.05. The molecule has 106 valence electrons. The minimum absolute atomic E-state index is 0.135. The molecule has 0 amide bonds. The van der Waals surface area contributed by atoms with Gasteiger partial charge in [-0.3, -0.25) is 5.43 Å². The van der Waals surface area contributed by atoms with E-state index in [1.54, 1.807) is 6.92 Å². The van der Waals surface area contributed by atoms with E-state index in [0.717, 1.165) is 13.1 Å². The first-order valence-electron chi connectivity index (χ1n) is 4.92. The molecule has 9 nitrogen and oxygen atoms in total. The molecule has 19 heavy (non-hydrogen) atoms. The Morgan fingerprint density at radius 1 is 1.32 bits per heavy atom. The van der Waals surface area contributed by atoms with E-state index in [4.69, 9.17) is 10.0 Å². The van der Waals surface area contributed by atoms with Gasteiger partial charge in [-0.1, -0.05) is 6.07 Å². The lowest BCUT2D eigenvalue weighted by molar-refractivity contribution is 0.467. The molecular formula is C9H14N4O5S. The first-order valence-corrected chi connectivity index (χ1v) is 6.36. The third-order valence-electron chi connectivity index (χ3n) is 2.00. The average molecular weight is 290 g/mol. The van der Waals surface area contributed by atoms with Crippen LogP contribution in [0.3, 0.4) is 0 Å². The molecule has 0 radical (unpaired) electrons. The number of aryl methyl sites for hydroxylation is 1. The Kier molecular flexibility index (Phi) is 6.41. The molecule has 0 heterocycles. The Morgan fingerprint density at radius 3 is 2.26 bits per heavy atom. The van der Waals surface area contributed by atoms with Crippen molar-refractivity contribution in [3.05, 3.63) is 33.6 Å². The van der Waals surface area contributed by atoms with Crippen LogP contribution in [0.2, 0.25) is 0 Å². The van der Waals surface area contributed by atoms with Gasteiger partial charge in [0.25, 0.3) is 10.0 Å². The van der Waals surface area contributed by atoms with E-state index >= 15 is 0 Å². The van der Waals surface area contributed by atoms with Gasteiger partial charge in [0.2, 0.25) is 0 Å². The molecule has 0 unspecified atom stereocenters. The highest BCUT2D eigenvalue weighted by atomic mass is 32.2. The van der Waals surface area contributed by atoms with Gasteiger partial charge in [-0.05, 0) is 18.6 Å². The predicted octanol–water partition coefficient (Wildman–Crippen LogP) is 0.890. The SMILES string of the molecule is CNN=O.Cc1ccc(O)cc1S(=O)(=O)N(C)N=O. The monoisotopic (exact) mass is 290 g/mol. The lowest BCUT2D eigenvalue weighted by Crippen LogP contribution is -2.21. The smallest absolute Gasteiger partial charge is 0.281 e. The second-order valence-corrected chi connectivity index (χ2v) is 5.20. The summed E-state index contributed by atoms with van der Waals surface area (Å²) in [5, 5.41) is 13.7. The van der Waals surface area contributed by atoms with Crippen molar-refractivity contribution in [1.82, 2.24) is 9.84 Å². The van der Waals surface area contributed by atoms with Crippen LogP contribution in [-0.2, 0) is 10.0 Å². The molecule has 0 aliphatic heterocycles. The van der Waals surface area contributed by atoms with Gasteiger partial charge >= 0.3 is 0 Å². The maximum absolute atomic E-state index is 11.7. The van der Waals surface area contributed by atoms with Crippen LogP contribution >= 0.6 is 0 Å². The quantitative estimate of drug-likeness (QED) is 0.626. The van der Waals surface area contributed by atoms with Gasteiger partial charge < -0.3 is 5.11 Å². The van der Waals surface area contributed by atoms with Crippen LogP contribution in [0.1, 0.15) is 5.56 Å². The predicted molar refractivity (Wildman–Crippen MR) is 68.4 cm³/mol. The molecule has 0 bridgehead atoms. The molecule has 0 aliphatic rings. The summed E-state index contributed by atoms with van der Waals surface area (Å²) < 4.78 is 23.6. The number of phenols is 1. The molecule has 10 heteroatoms. The van der Waals surface area contributed by atoms with E-state index in [1.165, 1.54) is 19.2 Å². The van der Waals surface area contributed by atoms with Crippen LogP contribution in [-0.4, -0.2) is 32.0 Å². The fourth-order valence-corrected chi connectivity index (χ4v) is 2.17. The molecule has 0 spiro atoms. The van der Waals surface area contributed by atoms with Crippen LogP contribution in [0.4, 0.5) is 0 Å². The summed E-state index contributed by atoms with van der Waals surface area (Å²) in [5.41, 5.74) is 2.43. The first kappa shape index (κ1) is 16.8. The Bertz CT molecular complexity index is 546. The summed E-state index contributed by atoms with van der Waals surface area (Å²) in [7, 11) is -1.46. The number of benzene rings is 1. The Balaban J connectivity index is 0.000000711. The van der Waals surface area contributed by atoms with Crippen LogP contribution in [0.5, 0.6) is 5.75 Å². The normalized spacial score (nSPS) is 9.84. The van der Waals surface area contributed by atoms with Gasteiger partial charge in [0, 0.05) is 25.4 Å². The minimum atomic E-state index is -3.95. The van der Waals surface area contributed by atoms with Crippen LogP contribution in [0.15, 0.2) is 33.7 Å². The van der Waals surface area contributed by atoms with E-state index in [9.17, 15) is 13.3 Å². The van der Waals surface area contributed by atoms with Gasteiger partial charge in [-0.15, -0.1) is 9.81 Å². The van der Waals surface area contributed by atoms with Crippen molar-refractivity contribution in [2.24, 2.45) is 10.6 Å². The number of aromatic hydroxyl groups is 1. The standard InChI is InChI=1S/C8H10N2O4S.CH4N2O/c1-6-3-4-7(11)5-8(6)15(13,14)10(2)9-12;1-2-3-4/h3-5,11H,1-2H3;1H3,(H,2,4). The number of phenolic OH excluding ortho intramolecular Hbond substituents is 1. The Hall–Kier alpha value is -2.23. The van der Waals surface area contributed by atoms with Crippen LogP contribution in [0, 0.1) is 16.7 Å². The molecule has 0 saturated carbocycles. The van der Waals surface area contributed by atoms with Crippen molar-refractivity contribution in [1.29, 1.82) is 0 Å². The molecule has 0 saturated heterocycles. The molecule has 0 fully saturated rings. The van der Waals surface area contributed by atoms with E-state index < -0.39 is 10.0 Å². The molecule has 1 rings (SSSR count). The summed E-state index contributed by atoms with van der Waals surface area (Å²) in [6.07, 6.45) is 0. The number of nitrogens with one attached hydrogen (secondary N) is 1. The zero-order valence-electron chi connectivity index (χ0n) is 10.6. The third-order valence-corrected chi connectivity index (χ3v) is 3.76. The molecule has 2 N–H and O–H groups in total. The zero-order chi connectivity index (χ0) is 15.1. The fraction of sp³-hybridized carbons (Fsp3) is 0.333. The van der Waals surface area contributed by atoms with Crippen molar-refractivity contribution in [3.63, 3.8) is 0 Å². The maximum Gasteiger partial charge on any atom is 0.281 e. The van der Waals surface area contributed by atoms with E-state index in [2.05, 4.69) is 10.6 Å². The molecular weight excluding hydrogens is 276 g/mol.